The van der Waals surface area contributed by atoms with Gasteiger partial charge in [0.05, 0.1) is 0 Å². The molecule has 0 aliphatic rings. The summed E-state index contributed by atoms with van der Waals surface area (Å²) in [4.78, 5) is 6.41. The Balaban J connectivity index is 2.70. The van der Waals surface area contributed by atoms with Gasteiger partial charge in [-0.15, -0.1) is 0 Å². The topological polar surface area (TPSA) is 74.3 Å². The molecule has 0 saturated heterocycles. The molecule has 0 aliphatic carbocycles. The van der Waals surface area contributed by atoms with E-state index in [9.17, 15) is 8.42 Å². The quantitative estimate of drug-likeness (QED) is 0.723. The van der Waals surface area contributed by atoms with Gasteiger partial charge < -0.3 is 10.2 Å². The van der Waals surface area contributed by atoms with Crippen LogP contribution in [0.5, 0.6) is 0 Å². The minimum atomic E-state index is -3.54. The Morgan fingerprint density at radius 2 is 2.10 bits per heavy atom. The number of sulfonamides is 1. The van der Waals surface area contributed by atoms with Gasteiger partial charge in [-0.25, -0.2) is 18.1 Å². The fraction of sp³-hybridized carbons (Fsp3) is 0.643. The molecule has 0 aliphatic heterocycles. The summed E-state index contributed by atoms with van der Waals surface area (Å²) >= 11 is 0. The summed E-state index contributed by atoms with van der Waals surface area (Å²) < 4.78 is 27.3. The maximum absolute atomic E-state index is 12.3. The Morgan fingerprint density at radius 3 is 2.71 bits per heavy atom. The Labute approximate surface area is 128 Å². The first kappa shape index (κ1) is 17.9. The highest BCUT2D eigenvalue weighted by atomic mass is 32.2. The van der Waals surface area contributed by atoms with E-state index in [0.29, 0.717) is 31.5 Å². The van der Waals surface area contributed by atoms with Crippen molar-refractivity contribution >= 4 is 15.8 Å². The van der Waals surface area contributed by atoms with Crippen molar-refractivity contribution in [3.05, 3.63) is 18.3 Å². The molecule has 2 N–H and O–H groups in total. The van der Waals surface area contributed by atoms with Gasteiger partial charge in [0.15, 0.2) is 0 Å². The van der Waals surface area contributed by atoms with E-state index in [0.717, 1.165) is 6.42 Å². The van der Waals surface area contributed by atoms with E-state index in [1.807, 2.05) is 14.0 Å². The molecule has 0 saturated carbocycles. The van der Waals surface area contributed by atoms with Gasteiger partial charge in [0, 0.05) is 31.9 Å². The van der Waals surface area contributed by atoms with Gasteiger partial charge in [0.2, 0.25) is 10.0 Å². The number of hydrogen-bond acceptors (Lipinski definition) is 5. The second-order valence-electron chi connectivity index (χ2n) is 5.02. The third-order valence-electron chi connectivity index (χ3n) is 3.50. The summed E-state index contributed by atoms with van der Waals surface area (Å²) in [7, 11) is -1.55. The first-order valence-electron chi connectivity index (χ1n) is 7.31. The SMILES string of the molecule is CCNc1ncccc1S(=O)(=O)NCCN(C)C(C)CC. The van der Waals surface area contributed by atoms with Crippen LogP contribution in [0, 0.1) is 0 Å². The zero-order valence-corrected chi connectivity index (χ0v) is 14.1. The molecule has 1 atom stereocenters. The Kier molecular flexibility index (Phi) is 7.07. The molecule has 0 radical (unpaired) electrons. The van der Waals surface area contributed by atoms with E-state index in [1.165, 1.54) is 0 Å². The lowest BCUT2D eigenvalue weighted by molar-refractivity contribution is 0.256. The van der Waals surface area contributed by atoms with Gasteiger partial charge in [-0.05, 0) is 39.4 Å². The maximum Gasteiger partial charge on any atom is 0.244 e. The monoisotopic (exact) mass is 314 g/mol. The molecule has 0 aromatic carbocycles. The van der Waals surface area contributed by atoms with Crippen molar-refractivity contribution in [3.63, 3.8) is 0 Å². The normalized spacial score (nSPS) is 13.4. The summed E-state index contributed by atoms with van der Waals surface area (Å²) in [5, 5.41) is 2.97. The van der Waals surface area contributed by atoms with Crippen molar-refractivity contribution in [3.8, 4) is 0 Å². The van der Waals surface area contributed by atoms with Gasteiger partial charge in [0.1, 0.15) is 10.7 Å². The summed E-state index contributed by atoms with van der Waals surface area (Å²) in [6.07, 6.45) is 2.62. The minimum absolute atomic E-state index is 0.193. The van der Waals surface area contributed by atoms with E-state index in [4.69, 9.17) is 0 Å². The zero-order chi connectivity index (χ0) is 15.9. The van der Waals surface area contributed by atoms with E-state index >= 15 is 0 Å². The molecule has 0 amide bonds. The maximum atomic E-state index is 12.3. The molecule has 6 nitrogen and oxygen atoms in total. The lowest BCUT2D eigenvalue weighted by Crippen LogP contribution is -2.37. The first-order chi connectivity index (χ1) is 9.92. The third kappa shape index (κ3) is 5.26. The number of likely N-dealkylation sites (N-methyl/N-ethyl adjacent to an activating group) is 1. The van der Waals surface area contributed by atoms with Crippen molar-refractivity contribution < 1.29 is 8.42 Å². The zero-order valence-electron chi connectivity index (χ0n) is 13.3. The lowest BCUT2D eigenvalue weighted by atomic mass is 10.2. The van der Waals surface area contributed by atoms with Crippen LogP contribution in [0.4, 0.5) is 5.82 Å². The van der Waals surface area contributed by atoms with Gasteiger partial charge >= 0.3 is 0 Å². The Bertz CT molecular complexity index is 534. The summed E-state index contributed by atoms with van der Waals surface area (Å²) in [5.41, 5.74) is 0. The molecule has 120 valence electrons. The molecule has 0 fully saturated rings. The van der Waals surface area contributed by atoms with Crippen LogP contribution in [0.25, 0.3) is 0 Å². The molecule has 0 bridgehead atoms. The van der Waals surface area contributed by atoms with E-state index in [2.05, 4.69) is 33.8 Å². The number of nitrogens with one attached hydrogen (secondary N) is 2. The summed E-state index contributed by atoms with van der Waals surface area (Å²) in [6.45, 7) is 7.81. The molecule has 21 heavy (non-hydrogen) atoms. The van der Waals surface area contributed by atoms with E-state index in [-0.39, 0.29) is 4.90 Å². The first-order valence-corrected chi connectivity index (χ1v) is 8.79. The number of anilines is 1. The van der Waals surface area contributed by atoms with Crippen molar-refractivity contribution in [1.29, 1.82) is 0 Å². The number of aromatic nitrogens is 1. The number of nitrogens with zero attached hydrogens (tertiary/aromatic N) is 2. The van der Waals surface area contributed by atoms with Crippen LogP contribution in [0.15, 0.2) is 23.2 Å². The molecule has 1 aromatic rings. The molecule has 1 unspecified atom stereocenters. The largest absolute Gasteiger partial charge is 0.369 e. The molecule has 7 heteroatoms. The smallest absolute Gasteiger partial charge is 0.244 e. The van der Waals surface area contributed by atoms with Crippen LogP contribution in [-0.4, -0.2) is 51.0 Å². The van der Waals surface area contributed by atoms with Crippen LogP contribution < -0.4 is 10.0 Å². The van der Waals surface area contributed by atoms with Gasteiger partial charge in [-0.2, -0.15) is 0 Å². The Hall–Kier alpha value is -1.18. The summed E-state index contributed by atoms with van der Waals surface area (Å²) in [6, 6.07) is 3.62. The van der Waals surface area contributed by atoms with Gasteiger partial charge in [0.25, 0.3) is 0 Å². The third-order valence-corrected chi connectivity index (χ3v) is 5.00. The second kappa shape index (κ2) is 8.31. The van der Waals surface area contributed by atoms with Crippen molar-refractivity contribution in [1.82, 2.24) is 14.6 Å². The van der Waals surface area contributed by atoms with Crippen LogP contribution in [-0.2, 0) is 10.0 Å². The number of rotatable bonds is 9. The molecule has 1 aromatic heterocycles. The second-order valence-corrected chi connectivity index (χ2v) is 6.75. The van der Waals surface area contributed by atoms with Crippen LogP contribution in [0.2, 0.25) is 0 Å². The highest BCUT2D eigenvalue weighted by Gasteiger charge is 2.19. The average Bonchev–Trinajstić information content (AvgIpc) is 2.46. The standard InChI is InChI=1S/C14H26N4O2S/c1-5-12(3)18(4)11-10-17-21(19,20)13-8-7-9-16-14(13)15-6-2/h7-9,12,17H,5-6,10-11H2,1-4H3,(H,15,16). The van der Waals surface area contributed by atoms with E-state index in [1.54, 1.807) is 18.3 Å². The van der Waals surface area contributed by atoms with Crippen LogP contribution >= 0.6 is 0 Å². The van der Waals surface area contributed by atoms with E-state index < -0.39 is 10.0 Å². The van der Waals surface area contributed by atoms with Gasteiger partial charge in [-0.1, -0.05) is 6.92 Å². The summed E-state index contributed by atoms with van der Waals surface area (Å²) in [5.74, 6) is 0.391. The van der Waals surface area contributed by atoms with Crippen LogP contribution in [0.3, 0.4) is 0 Å². The van der Waals surface area contributed by atoms with Gasteiger partial charge in [-0.3, -0.25) is 0 Å². The fourth-order valence-electron chi connectivity index (χ4n) is 1.87. The van der Waals surface area contributed by atoms with Crippen molar-refractivity contribution in [2.75, 3.05) is 32.0 Å². The highest BCUT2D eigenvalue weighted by Crippen LogP contribution is 2.17. The molecular weight excluding hydrogens is 288 g/mol. The highest BCUT2D eigenvalue weighted by molar-refractivity contribution is 7.89. The predicted molar refractivity (Wildman–Crippen MR) is 86.0 cm³/mol. The van der Waals surface area contributed by atoms with Crippen LogP contribution in [0.1, 0.15) is 27.2 Å². The number of hydrogen-bond donors (Lipinski definition) is 2. The minimum Gasteiger partial charge on any atom is -0.369 e. The lowest BCUT2D eigenvalue weighted by Gasteiger charge is -2.23. The van der Waals surface area contributed by atoms with Crippen molar-refractivity contribution in [2.45, 2.75) is 38.1 Å². The predicted octanol–water partition coefficient (Wildman–Crippen LogP) is 1.52. The molecule has 0 spiro atoms. The fourth-order valence-corrected chi connectivity index (χ4v) is 3.03. The molecular formula is C14H26N4O2S. The molecule has 1 rings (SSSR count). The average molecular weight is 314 g/mol. The number of pyridine rings is 1. The molecule has 1 heterocycles. The van der Waals surface area contributed by atoms with Crippen molar-refractivity contribution in [2.24, 2.45) is 0 Å². The Morgan fingerprint density at radius 1 is 1.38 bits per heavy atom.